The quantitative estimate of drug-likeness (QED) is 0.706. The smallest absolute Gasteiger partial charge is 0.352 e. The average molecular weight is 304 g/mol. The fourth-order valence-corrected chi connectivity index (χ4v) is 3.04. The van der Waals surface area contributed by atoms with E-state index in [1.54, 1.807) is 0 Å². The van der Waals surface area contributed by atoms with Crippen LogP contribution in [0, 0.1) is 11.8 Å². The number of nitrogens with two attached hydrogens (primary N) is 1. The first-order chi connectivity index (χ1) is 9.76. The highest BCUT2D eigenvalue weighted by atomic mass is 19.3. The first kappa shape index (κ1) is 16.1. The van der Waals surface area contributed by atoms with E-state index in [0.717, 1.165) is 0 Å². The molecule has 0 unspecified atom stereocenters. The lowest BCUT2D eigenvalue weighted by Gasteiger charge is -2.41. The summed E-state index contributed by atoms with van der Waals surface area (Å²) < 4.78 is 27.7. The number of hydrogen-bond donors (Lipinski definition) is 3. The van der Waals surface area contributed by atoms with Crippen LogP contribution in [0.2, 0.25) is 0 Å². The van der Waals surface area contributed by atoms with Crippen LogP contribution in [0.5, 0.6) is 0 Å². The Balaban J connectivity index is 1.78. The number of carbonyl (C=O) groups is 2. The summed E-state index contributed by atoms with van der Waals surface area (Å²) in [4.78, 5) is 22.7. The van der Waals surface area contributed by atoms with E-state index in [-0.39, 0.29) is 37.1 Å². The standard InChI is InChI=1S/C14H22F2N2O3/c15-14(16,13(21)6-1-7-13)12(20)18-8-9-2-4-10(5-3-9)11(17)19/h9-10,21H,1-8H2,(H2,17,19)(H,18,20). The van der Waals surface area contributed by atoms with Crippen LogP contribution in [-0.4, -0.2) is 35.0 Å². The number of alkyl halides is 2. The molecule has 2 aliphatic carbocycles. The number of carbonyl (C=O) groups excluding carboxylic acids is 2. The monoisotopic (exact) mass is 304 g/mol. The molecule has 0 atom stereocenters. The fraction of sp³-hybridized carbons (Fsp3) is 0.857. The van der Waals surface area contributed by atoms with Crippen molar-refractivity contribution in [2.75, 3.05) is 6.54 Å². The Kier molecular flexibility index (Phi) is 4.51. The third-order valence-corrected chi connectivity index (χ3v) is 4.85. The van der Waals surface area contributed by atoms with Crippen molar-refractivity contribution in [1.82, 2.24) is 5.32 Å². The molecule has 0 bridgehead atoms. The van der Waals surface area contributed by atoms with Crippen LogP contribution in [0.4, 0.5) is 8.78 Å². The molecule has 2 rings (SSSR count). The van der Waals surface area contributed by atoms with Gasteiger partial charge in [-0.2, -0.15) is 8.78 Å². The van der Waals surface area contributed by atoms with E-state index < -0.39 is 17.4 Å². The van der Waals surface area contributed by atoms with Gasteiger partial charge in [0.15, 0.2) is 0 Å². The SMILES string of the molecule is NC(=O)C1CCC(CNC(=O)C(F)(F)C2(O)CCC2)CC1. The van der Waals surface area contributed by atoms with Crippen LogP contribution in [0.1, 0.15) is 44.9 Å². The van der Waals surface area contributed by atoms with Crippen LogP contribution in [0.15, 0.2) is 0 Å². The zero-order chi connectivity index (χ0) is 15.7. The lowest BCUT2D eigenvalue weighted by atomic mass is 9.75. The summed E-state index contributed by atoms with van der Waals surface area (Å²) in [6.07, 6.45) is 3.06. The molecule has 4 N–H and O–H groups in total. The first-order valence-electron chi connectivity index (χ1n) is 7.44. The molecule has 0 heterocycles. The summed E-state index contributed by atoms with van der Waals surface area (Å²) in [6.45, 7) is 0.149. The van der Waals surface area contributed by atoms with Crippen LogP contribution in [-0.2, 0) is 9.59 Å². The Hall–Kier alpha value is -1.24. The Bertz CT molecular complexity index is 416. The van der Waals surface area contributed by atoms with Crippen molar-refractivity contribution in [2.45, 2.75) is 56.5 Å². The van der Waals surface area contributed by atoms with Crippen molar-refractivity contribution in [3.63, 3.8) is 0 Å². The van der Waals surface area contributed by atoms with Crippen molar-refractivity contribution in [3.05, 3.63) is 0 Å². The fourth-order valence-electron chi connectivity index (χ4n) is 3.04. The zero-order valence-corrected chi connectivity index (χ0v) is 11.9. The molecule has 21 heavy (non-hydrogen) atoms. The van der Waals surface area contributed by atoms with Gasteiger partial charge in [0.25, 0.3) is 5.91 Å². The third-order valence-electron chi connectivity index (χ3n) is 4.85. The summed E-state index contributed by atoms with van der Waals surface area (Å²) in [6, 6.07) is 0. The topological polar surface area (TPSA) is 92.4 Å². The van der Waals surface area contributed by atoms with Gasteiger partial charge < -0.3 is 16.2 Å². The van der Waals surface area contributed by atoms with E-state index in [0.29, 0.717) is 32.1 Å². The summed E-state index contributed by atoms with van der Waals surface area (Å²) in [5, 5.41) is 11.9. The number of amides is 2. The minimum absolute atomic E-state index is 0.0445. The third kappa shape index (κ3) is 3.17. The molecule has 5 nitrogen and oxygen atoms in total. The molecule has 2 aliphatic rings. The Morgan fingerprint density at radius 2 is 1.81 bits per heavy atom. The van der Waals surface area contributed by atoms with Gasteiger partial charge in [-0.15, -0.1) is 0 Å². The molecule has 0 saturated heterocycles. The van der Waals surface area contributed by atoms with Gasteiger partial charge in [0.1, 0.15) is 5.60 Å². The number of halogens is 2. The molecule has 0 aliphatic heterocycles. The highest BCUT2D eigenvalue weighted by Crippen LogP contribution is 2.44. The number of nitrogens with one attached hydrogen (secondary N) is 1. The van der Waals surface area contributed by atoms with Gasteiger partial charge in [-0.05, 0) is 50.9 Å². The lowest BCUT2D eigenvalue weighted by molar-refractivity contribution is -0.216. The second-order valence-electron chi connectivity index (χ2n) is 6.29. The van der Waals surface area contributed by atoms with Crippen LogP contribution < -0.4 is 11.1 Å². The van der Waals surface area contributed by atoms with E-state index >= 15 is 0 Å². The van der Waals surface area contributed by atoms with Gasteiger partial charge >= 0.3 is 5.92 Å². The molecule has 2 fully saturated rings. The minimum atomic E-state index is -3.74. The number of rotatable bonds is 5. The zero-order valence-electron chi connectivity index (χ0n) is 11.9. The maximum atomic E-state index is 13.8. The minimum Gasteiger partial charge on any atom is -0.383 e. The molecule has 120 valence electrons. The summed E-state index contributed by atoms with van der Waals surface area (Å²) in [5.41, 5.74) is 3.05. The molecule has 7 heteroatoms. The van der Waals surface area contributed by atoms with Crippen molar-refractivity contribution < 1.29 is 23.5 Å². The van der Waals surface area contributed by atoms with E-state index in [1.165, 1.54) is 0 Å². The Labute approximate surface area is 122 Å². The molecule has 2 saturated carbocycles. The average Bonchev–Trinajstić information content (AvgIpc) is 2.42. The molecular formula is C14H22F2N2O3. The first-order valence-corrected chi connectivity index (χ1v) is 7.44. The molecule has 2 amide bonds. The van der Waals surface area contributed by atoms with Crippen molar-refractivity contribution >= 4 is 11.8 Å². The summed E-state index contributed by atoms with van der Waals surface area (Å²) in [7, 11) is 0. The van der Waals surface area contributed by atoms with Gasteiger partial charge in [0.05, 0.1) is 0 Å². The predicted octanol–water partition coefficient (Wildman–Crippen LogP) is 0.945. The van der Waals surface area contributed by atoms with Crippen molar-refractivity contribution in [2.24, 2.45) is 17.6 Å². The van der Waals surface area contributed by atoms with Crippen LogP contribution in [0.25, 0.3) is 0 Å². The molecule has 0 aromatic rings. The van der Waals surface area contributed by atoms with E-state index in [4.69, 9.17) is 5.73 Å². The summed E-state index contributed by atoms with van der Waals surface area (Å²) in [5.74, 6) is -5.53. The maximum Gasteiger partial charge on any atom is 0.352 e. The predicted molar refractivity (Wildman–Crippen MR) is 71.4 cm³/mol. The highest BCUT2D eigenvalue weighted by Gasteiger charge is 2.61. The number of hydrogen-bond acceptors (Lipinski definition) is 3. The van der Waals surface area contributed by atoms with Crippen LogP contribution >= 0.6 is 0 Å². The van der Waals surface area contributed by atoms with Gasteiger partial charge in [0.2, 0.25) is 5.91 Å². The largest absolute Gasteiger partial charge is 0.383 e. The van der Waals surface area contributed by atoms with Crippen molar-refractivity contribution in [3.8, 4) is 0 Å². The Morgan fingerprint density at radius 3 is 2.24 bits per heavy atom. The van der Waals surface area contributed by atoms with Gasteiger partial charge in [-0.25, -0.2) is 0 Å². The molecule has 0 radical (unpaired) electrons. The highest BCUT2D eigenvalue weighted by molar-refractivity contribution is 5.85. The van der Waals surface area contributed by atoms with Gasteiger partial charge in [-0.3, -0.25) is 9.59 Å². The van der Waals surface area contributed by atoms with E-state index in [9.17, 15) is 23.5 Å². The molecular weight excluding hydrogens is 282 g/mol. The molecule has 0 aromatic heterocycles. The molecule has 0 aromatic carbocycles. The number of primary amides is 1. The van der Waals surface area contributed by atoms with E-state index in [2.05, 4.69) is 5.32 Å². The lowest BCUT2D eigenvalue weighted by Crippen LogP contribution is -2.61. The molecule has 0 spiro atoms. The van der Waals surface area contributed by atoms with Gasteiger partial charge in [-0.1, -0.05) is 0 Å². The van der Waals surface area contributed by atoms with Crippen LogP contribution in [0.3, 0.4) is 0 Å². The number of aliphatic hydroxyl groups is 1. The Morgan fingerprint density at radius 1 is 1.24 bits per heavy atom. The van der Waals surface area contributed by atoms with Crippen molar-refractivity contribution in [1.29, 1.82) is 0 Å². The summed E-state index contributed by atoms with van der Waals surface area (Å²) >= 11 is 0. The van der Waals surface area contributed by atoms with Gasteiger partial charge in [0, 0.05) is 12.5 Å². The normalized spacial score (nSPS) is 28.5. The second kappa shape index (κ2) is 5.87. The maximum absolute atomic E-state index is 13.8. The van der Waals surface area contributed by atoms with E-state index in [1.807, 2.05) is 0 Å². The second-order valence-corrected chi connectivity index (χ2v) is 6.29.